The Morgan fingerprint density at radius 3 is 1.88 bits per heavy atom. The summed E-state index contributed by atoms with van der Waals surface area (Å²) in [4.78, 5) is 0. The van der Waals surface area contributed by atoms with E-state index in [-0.39, 0.29) is 0 Å². The van der Waals surface area contributed by atoms with Crippen LogP contribution in [0.1, 0.15) is 5.56 Å². The number of hydrogen-bond donors (Lipinski definition) is 0. The topological polar surface area (TPSA) is 27.4 Å². The Bertz CT molecular complexity index is 712. The Kier molecular flexibility index (Phi) is 2.16. The van der Waals surface area contributed by atoms with Gasteiger partial charge in [0.25, 0.3) is 0 Å². The van der Waals surface area contributed by atoms with Crippen molar-refractivity contribution in [1.82, 2.24) is 0 Å². The fraction of sp³-hybridized carbons (Fsp3) is 0. The SMILES string of the molecule is [O-][N+]#Cc1c2ccccc2cc2ccccc12. The van der Waals surface area contributed by atoms with Crippen LogP contribution in [0.5, 0.6) is 0 Å². The molecular weight excluding hydrogens is 210 g/mol. The van der Waals surface area contributed by atoms with Crippen molar-refractivity contribution in [2.45, 2.75) is 0 Å². The maximum absolute atomic E-state index is 10.5. The van der Waals surface area contributed by atoms with Gasteiger partial charge in [0.2, 0.25) is 0 Å². The van der Waals surface area contributed by atoms with Gasteiger partial charge in [0.1, 0.15) is 5.56 Å². The van der Waals surface area contributed by atoms with Gasteiger partial charge in [-0.05, 0) is 16.8 Å². The highest BCUT2D eigenvalue weighted by molar-refractivity contribution is 6.04. The van der Waals surface area contributed by atoms with Gasteiger partial charge in [0, 0.05) is 15.8 Å². The molecule has 0 spiro atoms. The van der Waals surface area contributed by atoms with Gasteiger partial charge < -0.3 is 5.21 Å². The number of rotatable bonds is 0. The molecule has 0 aliphatic rings. The summed E-state index contributed by atoms with van der Waals surface area (Å²) in [6.07, 6.45) is 0. The number of fused-ring (bicyclic) bond motifs is 2. The van der Waals surface area contributed by atoms with Gasteiger partial charge in [-0.15, -0.1) is 0 Å². The largest absolute Gasteiger partial charge is 0.498 e. The van der Waals surface area contributed by atoms with Gasteiger partial charge in [-0.3, -0.25) is 0 Å². The van der Waals surface area contributed by atoms with Crippen molar-refractivity contribution in [3.05, 3.63) is 70.4 Å². The van der Waals surface area contributed by atoms with Crippen molar-refractivity contribution in [3.8, 4) is 6.07 Å². The lowest BCUT2D eigenvalue weighted by atomic mass is 9.98. The molecule has 2 nitrogen and oxygen atoms in total. The van der Waals surface area contributed by atoms with E-state index in [0.29, 0.717) is 0 Å². The first-order valence-electron chi connectivity index (χ1n) is 5.39. The Morgan fingerprint density at radius 2 is 1.35 bits per heavy atom. The van der Waals surface area contributed by atoms with E-state index in [9.17, 15) is 5.21 Å². The first-order chi connectivity index (χ1) is 8.40. The molecule has 0 saturated carbocycles. The van der Waals surface area contributed by atoms with Crippen molar-refractivity contribution in [3.63, 3.8) is 0 Å². The Morgan fingerprint density at radius 1 is 0.824 bits per heavy atom. The van der Waals surface area contributed by atoms with Crippen LogP contribution in [0, 0.1) is 11.3 Å². The number of benzene rings is 3. The molecule has 2 heteroatoms. The molecule has 17 heavy (non-hydrogen) atoms. The second-order valence-electron chi connectivity index (χ2n) is 3.90. The highest BCUT2D eigenvalue weighted by Gasteiger charge is 2.08. The Labute approximate surface area is 98.5 Å². The van der Waals surface area contributed by atoms with Crippen LogP contribution in [0.25, 0.3) is 26.6 Å². The zero-order valence-electron chi connectivity index (χ0n) is 9.05. The Hall–Kier alpha value is -2.53. The molecule has 0 saturated heterocycles. The first-order valence-corrected chi connectivity index (χ1v) is 5.39. The minimum atomic E-state index is 0.772. The maximum Gasteiger partial charge on any atom is 0.337 e. The molecule has 0 N–H and O–H groups in total. The predicted octanol–water partition coefficient (Wildman–Crippen LogP) is 4.17. The van der Waals surface area contributed by atoms with Crippen LogP contribution in [0.3, 0.4) is 0 Å². The molecule has 0 bridgehead atoms. The van der Waals surface area contributed by atoms with Crippen LogP contribution in [0.15, 0.2) is 54.6 Å². The molecule has 0 unspecified atom stereocenters. The smallest absolute Gasteiger partial charge is 0.337 e. The average Bonchev–Trinajstić information content (AvgIpc) is 2.39. The molecule has 0 fully saturated rings. The van der Waals surface area contributed by atoms with E-state index in [4.69, 9.17) is 0 Å². The van der Waals surface area contributed by atoms with Gasteiger partial charge in [-0.25, -0.2) is 0 Å². The van der Waals surface area contributed by atoms with Crippen LogP contribution in [0.4, 0.5) is 0 Å². The van der Waals surface area contributed by atoms with Crippen molar-refractivity contribution < 1.29 is 0 Å². The van der Waals surface area contributed by atoms with Gasteiger partial charge in [0.15, 0.2) is 0 Å². The van der Waals surface area contributed by atoms with E-state index in [1.54, 1.807) is 0 Å². The van der Waals surface area contributed by atoms with Gasteiger partial charge in [-0.2, -0.15) is 0 Å². The van der Waals surface area contributed by atoms with E-state index in [1.807, 2.05) is 48.5 Å². The van der Waals surface area contributed by atoms with Crippen molar-refractivity contribution >= 4 is 21.5 Å². The van der Waals surface area contributed by atoms with Gasteiger partial charge in [0.05, 0.1) is 0 Å². The van der Waals surface area contributed by atoms with E-state index in [1.165, 1.54) is 0 Å². The predicted molar refractivity (Wildman–Crippen MR) is 71.2 cm³/mol. The fourth-order valence-corrected chi connectivity index (χ4v) is 2.18. The highest BCUT2D eigenvalue weighted by atomic mass is 16.4. The molecule has 3 aromatic carbocycles. The summed E-state index contributed by atoms with van der Waals surface area (Å²) in [5.41, 5.74) is 0.772. The highest BCUT2D eigenvalue weighted by Crippen LogP contribution is 2.27. The third-order valence-electron chi connectivity index (χ3n) is 2.93. The minimum Gasteiger partial charge on any atom is -0.498 e. The third kappa shape index (κ3) is 1.49. The molecule has 0 radical (unpaired) electrons. The third-order valence-corrected chi connectivity index (χ3v) is 2.93. The normalized spacial score (nSPS) is 10.1. The lowest BCUT2D eigenvalue weighted by Gasteiger charge is -2.03. The monoisotopic (exact) mass is 219 g/mol. The first kappa shape index (κ1) is 9.68. The molecule has 0 aromatic heterocycles. The lowest BCUT2D eigenvalue weighted by molar-refractivity contribution is 1.73. The van der Waals surface area contributed by atoms with E-state index < -0.39 is 0 Å². The molecule has 0 heterocycles. The summed E-state index contributed by atoms with van der Waals surface area (Å²) in [6, 6.07) is 20.6. The zero-order valence-corrected chi connectivity index (χ0v) is 9.05. The molecule has 0 aliphatic carbocycles. The maximum atomic E-state index is 10.5. The summed E-state index contributed by atoms with van der Waals surface area (Å²) >= 11 is 0. The summed E-state index contributed by atoms with van der Waals surface area (Å²) in [5, 5.41) is 17.5. The zero-order chi connectivity index (χ0) is 11.7. The van der Waals surface area contributed by atoms with Gasteiger partial charge >= 0.3 is 6.07 Å². The van der Waals surface area contributed by atoms with Crippen LogP contribution in [0.2, 0.25) is 0 Å². The summed E-state index contributed by atoms with van der Waals surface area (Å²) in [6.45, 7) is 0. The average molecular weight is 219 g/mol. The fourth-order valence-electron chi connectivity index (χ4n) is 2.18. The molecular formula is C15H9NO. The minimum absolute atomic E-state index is 0.772. The second-order valence-corrected chi connectivity index (χ2v) is 3.90. The summed E-state index contributed by atoms with van der Waals surface area (Å²) in [5.74, 6) is 0. The lowest BCUT2D eigenvalue weighted by Crippen LogP contribution is -1.83. The molecule has 80 valence electrons. The molecule has 3 aromatic rings. The van der Waals surface area contributed by atoms with Crippen molar-refractivity contribution in [2.75, 3.05) is 0 Å². The molecule has 3 rings (SSSR count). The number of hydrogen-bond acceptors (Lipinski definition) is 1. The van der Waals surface area contributed by atoms with Crippen LogP contribution in [-0.4, -0.2) is 0 Å². The Balaban J connectivity index is 2.59. The quantitative estimate of drug-likeness (QED) is 0.412. The van der Waals surface area contributed by atoms with E-state index in [0.717, 1.165) is 27.1 Å². The molecule has 0 atom stereocenters. The van der Waals surface area contributed by atoms with E-state index >= 15 is 0 Å². The van der Waals surface area contributed by atoms with E-state index in [2.05, 4.69) is 17.1 Å². The molecule has 0 amide bonds. The van der Waals surface area contributed by atoms with Gasteiger partial charge in [-0.1, -0.05) is 48.5 Å². The number of nitrogens with zero attached hydrogens (tertiary/aromatic N) is 1. The summed E-state index contributed by atoms with van der Waals surface area (Å²) in [7, 11) is 0. The molecule has 0 aliphatic heterocycles. The second kappa shape index (κ2) is 3.80. The van der Waals surface area contributed by atoms with Crippen LogP contribution < -0.4 is 0 Å². The van der Waals surface area contributed by atoms with Crippen LogP contribution in [-0.2, 0) is 0 Å². The van der Waals surface area contributed by atoms with Crippen LogP contribution >= 0.6 is 0 Å². The summed E-state index contributed by atoms with van der Waals surface area (Å²) < 4.78 is 0. The van der Waals surface area contributed by atoms with Crippen molar-refractivity contribution in [2.24, 2.45) is 0 Å². The van der Waals surface area contributed by atoms with Crippen molar-refractivity contribution in [1.29, 1.82) is 0 Å². The standard InChI is InChI=1S/C15H9NO/c17-16-10-15-13-7-3-1-5-11(13)9-12-6-2-4-8-14(12)15/h1-9H.